The second kappa shape index (κ2) is 4.15. The zero-order valence-electron chi connectivity index (χ0n) is 9.51. The van der Waals surface area contributed by atoms with Gasteiger partial charge in [-0.15, -0.1) is 0 Å². The van der Waals surface area contributed by atoms with Crippen LogP contribution in [0.25, 0.3) is 0 Å². The Morgan fingerprint density at radius 2 is 1.94 bits per heavy atom. The van der Waals surface area contributed by atoms with E-state index in [1.165, 1.54) is 48.8 Å². The summed E-state index contributed by atoms with van der Waals surface area (Å²) in [4.78, 5) is 0. The molecule has 0 radical (unpaired) electrons. The maximum Gasteiger partial charge on any atom is 0.0178 e. The van der Waals surface area contributed by atoms with Gasteiger partial charge in [0.15, 0.2) is 0 Å². The van der Waals surface area contributed by atoms with E-state index in [0.29, 0.717) is 5.41 Å². The van der Waals surface area contributed by atoms with Gasteiger partial charge in [-0.1, -0.05) is 28.1 Å². The molecule has 0 unspecified atom stereocenters. The smallest absolute Gasteiger partial charge is 0.0178 e. The first-order valence-corrected chi connectivity index (χ1v) is 7.03. The van der Waals surface area contributed by atoms with Crippen molar-refractivity contribution in [1.29, 1.82) is 0 Å². The van der Waals surface area contributed by atoms with Gasteiger partial charge in [0.2, 0.25) is 0 Å². The van der Waals surface area contributed by atoms with Gasteiger partial charge in [-0.25, -0.2) is 0 Å². The van der Waals surface area contributed by atoms with Crippen molar-refractivity contribution in [2.24, 2.45) is 5.41 Å². The topological polar surface area (TPSA) is 12.0 Å². The highest BCUT2D eigenvalue weighted by atomic mass is 79.9. The van der Waals surface area contributed by atoms with Crippen molar-refractivity contribution in [2.45, 2.75) is 31.6 Å². The summed E-state index contributed by atoms with van der Waals surface area (Å²) in [5.74, 6) is 0.795. The molecule has 0 atom stereocenters. The molecule has 1 aromatic carbocycles. The largest absolute Gasteiger partial charge is 0.316 e. The molecule has 1 aromatic rings. The molecule has 2 aliphatic rings. The second-order valence-corrected chi connectivity index (χ2v) is 6.35. The van der Waals surface area contributed by atoms with Gasteiger partial charge < -0.3 is 5.32 Å². The summed E-state index contributed by atoms with van der Waals surface area (Å²) < 4.78 is 1.22. The van der Waals surface area contributed by atoms with E-state index in [9.17, 15) is 0 Å². The van der Waals surface area contributed by atoms with E-state index >= 15 is 0 Å². The Kier molecular flexibility index (Phi) is 2.80. The lowest BCUT2D eigenvalue weighted by molar-refractivity contribution is 0.0975. The Bertz CT molecular complexity index is 374. The van der Waals surface area contributed by atoms with Crippen LogP contribution in [0, 0.1) is 5.41 Å². The van der Waals surface area contributed by atoms with Crippen molar-refractivity contribution in [2.75, 3.05) is 13.1 Å². The summed E-state index contributed by atoms with van der Waals surface area (Å²) >= 11 is 3.57. The number of nitrogens with one attached hydrogen (secondary N) is 1. The molecule has 1 spiro atoms. The van der Waals surface area contributed by atoms with Crippen molar-refractivity contribution >= 4 is 15.9 Å². The lowest BCUT2D eigenvalue weighted by atomic mass is 9.66. The molecule has 86 valence electrons. The Labute approximate surface area is 106 Å². The van der Waals surface area contributed by atoms with Crippen LogP contribution < -0.4 is 5.32 Å². The van der Waals surface area contributed by atoms with Crippen LogP contribution in [0.3, 0.4) is 0 Å². The van der Waals surface area contributed by atoms with Crippen LogP contribution in [0.5, 0.6) is 0 Å². The summed E-state index contributed by atoms with van der Waals surface area (Å²) in [6.45, 7) is 2.52. The minimum Gasteiger partial charge on any atom is -0.316 e. The summed E-state index contributed by atoms with van der Waals surface area (Å²) in [6, 6.07) is 8.85. The van der Waals surface area contributed by atoms with E-state index in [1.807, 2.05) is 0 Å². The number of halogens is 1. The van der Waals surface area contributed by atoms with E-state index in [1.54, 1.807) is 0 Å². The number of hydrogen-bond acceptors (Lipinski definition) is 1. The van der Waals surface area contributed by atoms with E-state index in [0.717, 1.165) is 5.92 Å². The summed E-state index contributed by atoms with van der Waals surface area (Å²) in [5.41, 5.74) is 2.21. The van der Waals surface area contributed by atoms with Crippen molar-refractivity contribution in [3.63, 3.8) is 0 Å². The highest BCUT2D eigenvalue weighted by molar-refractivity contribution is 9.10. The minimum absolute atomic E-state index is 0.683. The molecular weight excluding hydrogens is 262 g/mol. The SMILES string of the molecule is Brc1cccc(C2CCC3(CC2)CNC3)c1. The Hall–Kier alpha value is -0.340. The van der Waals surface area contributed by atoms with Crippen LogP contribution in [-0.4, -0.2) is 13.1 Å². The second-order valence-electron chi connectivity index (χ2n) is 5.43. The quantitative estimate of drug-likeness (QED) is 0.827. The summed E-state index contributed by atoms with van der Waals surface area (Å²) in [7, 11) is 0. The van der Waals surface area contributed by atoms with Gasteiger partial charge >= 0.3 is 0 Å². The van der Waals surface area contributed by atoms with Gasteiger partial charge in [-0.2, -0.15) is 0 Å². The molecule has 1 aliphatic carbocycles. The molecule has 1 N–H and O–H groups in total. The third-order valence-electron chi connectivity index (χ3n) is 4.37. The maximum absolute atomic E-state index is 3.57. The normalized spacial score (nSPS) is 24.3. The number of benzene rings is 1. The fourth-order valence-corrected chi connectivity index (χ4v) is 3.57. The molecule has 1 aliphatic heterocycles. The first-order chi connectivity index (χ1) is 7.77. The molecule has 0 aromatic heterocycles. The molecule has 1 heterocycles. The first-order valence-electron chi connectivity index (χ1n) is 6.24. The zero-order valence-corrected chi connectivity index (χ0v) is 11.1. The Morgan fingerprint density at radius 1 is 1.19 bits per heavy atom. The van der Waals surface area contributed by atoms with Crippen LogP contribution in [0.4, 0.5) is 0 Å². The lowest BCUT2D eigenvalue weighted by Crippen LogP contribution is -2.54. The molecule has 16 heavy (non-hydrogen) atoms. The van der Waals surface area contributed by atoms with E-state index in [4.69, 9.17) is 0 Å². The van der Waals surface area contributed by atoms with Crippen LogP contribution in [-0.2, 0) is 0 Å². The minimum atomic E-state index is 0.683. The summed E-state index contributed by atoms with van der Waals surface area (Å²) in [5, 5.41) is 3.43. The predicted octanol–water partition coefficient (Wildman–Crippen LogP) is 3.70. The van der Waals surface area contributed by atoms with Crippen molar-refractivity contribution in [3.05, 3.63) is 34.3 Å². The summed E-state index contributed by atoms with van der Waals surface area (Å²) in [6.07, 6.45) is 5.57. The van der Waals surface area contributed by atoms with Gasteiger partial charge in [0.1, 0.15) is 0 Å². The molecule has 3 rings (SSSR count). The maximum atomic E-state index is 3.57. The predicted molar refractivity (Wildman–Crippen MR) is 70.7 cm³/mol. The molecule has 1 saturated heterocycles. The fourth-order valence-electron chi connectivity index (χ4n) is 3.16. The monoisotopic (exact) mass is 279 g/mol. The van der Waals surface area contributed by atoms with Crippen molar-refractivity contribution in [1.82, 2.24) is 5.32 Å². The average Bonchev–Trinajstić information content (AvgIpc) is 2.27. The van der Waals surface area contributed by atoms with E-state index in [-0.39, 0.29) is 0 Å². The highest BCUT2D eigenvalue weighted by Crippen LogP contribution is 2.45. The van der Waals surface area contributed by atoms with Crippen LogP contribution in [0.1, 0.15) is 37.2 Å². The van der Waals surface area contributed by atoms with Gasteiger partial charge in [0, 0.05) is 17.6 Å². The Morgan fingerprint density at radius 3 is 2.50 bits per heavy atom. The molecule has 0 bridgehead atoms. The Balaban J connectivity index is 1.69. The average molecular weight is 280 g/mol. The van der Waals surface area contributed by atoms with Gasteiger partial charge in [-0.3, -0.25) is 0 Å². The number of hydrogen-bond donors (Lipinski definition) is 1. The first kappa shape index (κ1) is 10.8. The molecule has 1 nitrogen and oxygen atoms in total. The third kappa shape index (κ3) is 1.93. The standard InChI is InChI=1S/C14H18BrN/c15-13-3-1-2-12(8-13)11-4-6-14(7-5-11)9-16-10-14/h1-3,8,11,16H,4-7,9-10H2. The van der Waals surface area contributed by atoms with Crippen LogP contribution in [0.15, 0.2) is 28.7 Å². The van der Waals surface area contributed by atoms with Crippen LogP contribution >= 0.6 is 15.9 Å². The lowest BCUT2D eigenvalue weighted by Gasteiger charge is -2.47. The molecule has 1 saturated carbocycles. The molecule has 2 fully saturated rings. The van der Waals surface area contributed by atoms with Gasteiger partial charge in [0.25, 0.3) is 0 Å². The van der Waals surface area contributed by atoms with E-state index < -0.39 is 0 Å². The zero-order chi connectivity index (χ0) is 11.0. The van der Waals surface area contributed by atoms with Gasteiger partial charge in [0.05, 0.1) is 0 Å². The van der Waals surface area contributed by atoms with Crippen molar-refractivity contribution in [3.8, 4) is 0 Å². The van der Waals surface area contributed by atoms with Gasteiger partial charge in [-0.05, 0) is 54.7 Å². The third-order valence-corrected chi connectivity index (χ3v) is 4.86. The molecule has 2 heteroatoms. The molecular formula is C14H18BrN. The van der Waals surface area contributed by atoms with Crippen molar-refractivity contribution < 1.29 is 0 Å². The number of rotatable bonds is 1. The molecule has 0 amide bonds. The highest BCUT2D eigenvalue weighted by Gasteiger charge is 2.40. The van der Waals surface area contributed by atoms with E-state index in [2.05, 4.69) is 45.5 Å². The van der Waals surface area contributed by atoms with Crippen LogP contribution in [0.2, 0.25) is 0 Å². The fraction of sp³-hybridized carbons (Fsp3) is 0.571.